The molecule has 20 heavy (non-hydrogen) atoms. The monoisotopic (exact) mass is 332 g/mol. The lowest BCUT2D eigenvalue weighted by Gasteiger charge is -2.33. The maximum atomic E-state index is 4.56. The zero-order valence-corrected chi connectivity index (χ0v) is 13.7. The summed E-state index contributed by atoms with van der Waals surface area (Å²) in [4.78, 5) is 4.56. The fraction of sp³-hybridized carbons (Fsp3) is 0.471. The number of pyridine rings is 1. The zero-order valence-electron chi connectivity index (χ0n) is 12.1. The van der Waals surface area contributed by atoms with Crippen LogP contribution in [0.5, 0.6) is 0 Å². The van der Waals surface area contributed by atoms with Gasteiger partial charge in [0, 0.05) is 27.5 Å². The van der Waals surface area contributed by atoms with Gasteiger partial charge in [0.2, 0.25) is 0 Å². The summed E-state index contributed by atoms with van der Waals surface area (Å²) in [5.74, 6) is 2.59. The quantitative estimate of drug-likeness (QED) is 0.813. The Balaban J connectivity index is 1.89. The first-order chi connectivity index (χ1) is 9.65. The molecule has 2 aromatic rings. The molecule has 0 bridgehead atoms. The van der Waals surface area contributed by atoms with E-state index in [9.17, 15) is 0 Å². The highest BCUT2D eigenvalue weighted by molar-refractivity contribution is 9.10. The van der Waals surface area contributed by atoms with Crippen LogP contribution in [0.2, 0.25) is 0 Å². The smallest absolute Gasteiger partial charge is 0.134 e. The summed E-state index contributed by atoms with van der Waals surface area (Å²) in [6.45, 7) is 4.72. The Morgan fingerprint density at radius 1 is 1.15 bits per heavy atom. The number of aromatic nitrogens is 1. The van der Waals surface area contributed by atoms with E-state index in [1.807, 2.05) is 6.20 Å². The van der Waals surface area contributed by atoms with Crippen molar-refractivity contribution in [2.45, 2.75) is 39.2 Å². The fourth-order valence-electron chi connectivity index (χ4n) is 3.34. The Morgan fingerprint density at radius 3 is 2.80 bits per heavy atom. The van der Waals surface area contributed by atoms with E-state index in [0.29, 0.717) is 12.0 Å². The number of anilines is 1. The minimum absolute atomic E-state index is 0.545. The molecule has 3 heteroatoms. The minimum Gasteiger partial charge on any atom is -0.367 e. The maximum absolute atomic E-state index is 4.56. The van der Waals surface area contributed by atoms with E-state index in [-0.39, 0.29) is 0 Å². The average Bonchev–Trinajstić information content (AvgIpc) is 2.43. The van der Waals surface area contributed by atoms with Crippen molar-refractivity contribution in [2.24, 2.45) is 11.8 Å². The SMILES string of the molecule is CC1CCC(Nc2nccc3c(Br)cccc23)C(C)C1. The van der Waals surface area contributed by atoms with Gasteiger partial charge < -0.3 is 5.32 Å². The summed E-state index contributed by atoms with van der Waals surface area (Å²) >= 11 is 3.62. The highest BCUT2D eigenvalue weighted by Gasteiger charge is 2.25. The van der Waals surface area contributed by atoms with Crippen molar-refractivity contribution in [1.82, 2.24) is 4.98 Å². The molecule has 3 rings (SSSR count). The summed E-state index contributed by atoms with van der Waals surface area (Å²) in [5, 5.41) is 6.11. The van der Waals surface area contributed by atoms with Crippen molar-refractivity contribution in [2.75, 3.05) is 5.32 Å². The van der Waals surface area contributed by atoms with Crippen LogP contribution in [-0.2, 0) is 0 Å². The molecule has 3 atom stereocenters. The Labute approximate surface area is 129 Å². The molecule has 1 heterocycles. The standard InChI is InChI=1S/C17H21BrN2/c1-11-6-7-16(12(2)10-11)20-17-14-4-3-5-15(18)13(14)8-9-19-17/h3-5,8-9,11-12,16H,6-7,10H2,1-2H3,(H,19,20). The van der Waals surface area contributed by atoms with Crippen LogP contribution >= 0.6 is 15.9 Å². The summed E-state index contributed by atoms with van der Waals surface area (Å²) in [6, 6.07) is 8.91. The van der Waals surface area contributed by atoms with Gasteiger partial charge in [0.1, 0.15) is 5.82 Å². The van der Waals surface area contributed by atoms with Gasteiger partial charge in [-0.1, -0.05) is 41.9 Å². The average molecular weight is 333 g/mol. The number of benzene rings is 1. The topological polar surface area (TPSA) is 24.9 Å². The van der Waals surface area contributed by atoms with Crippen molar-refractivity contribution in [1.29, 1.82) is 0 Å². The van der Waals surface area contributed by atoms with Crippen LogP contribution in [0.15, 0.2) is 34.9 Å². The van der Waals surface area contributed by atoms with E-state index in [0.717, 1.165) is 16.2 Å². The molecule has 1 aliphatic rings. The molecule has 0 spiro atoms. The molecule has 1 aromatic carbocycles. The number of hydrogen-bond donors (Lipinski definition) is 1. The fourth-order valence-corrected chi connectivity index (χ4v) is 3.84. The highest BCUT2D eigenvalue weighted by Crippen LogP contribution is 2.33. The van der Waals surface area contributed by atoms with Gasteiger partial charge in [0.15, 0.2) is 0 Å². The van der Waals surface area contributed by atoms with Crippen LogP contribution in [0.3, 0.4) is 0 Å². The van der Waals surface area contributed by atoms with Gasteiger partial charge in [0.25, 0.3) is 0 Å². The lowest BCUT2D eigenvalue weighted by Crippen LogP contribution is -2.33. The number of nitrogens with one attached hydrogen (secondary N) is 1. The Kier molecular flexibility index (Phi) is 3.97. The summed E-state index contributed by atoms with van der Waals surface area (Å²) in [7, 11) is 0. The highest BCUT2D eigenvalue weighted by atomic mass is 79.9. The molecule has 0 radical (unpaired) electrons. The second kappa shape index (κ2) is 5.72. The molecular formula is C17H21BrN2. The Morgan fingerprint density at radius 2 is 2.00 bits per heavy atom. The van der Waals surface area contributed by atoms with Crippen molar-refractivity contribution in [3.05, 3.63) is 34.9 Å². The third kappa shape index (κ3) is 2.69. The van der Waals surface area contributed by atoms with Crippen LogP contribution < -0.4 is 5.32 Å². The predicted octanol–water partition coefficient (Wildman–Crippen LogP) is 5.23. The van der Waals surface area contributed by atoms with Gasteiger partial charge in [-0.15, -0.1) is 0 Å². The van der Waals surface area contributed by atoms with Gasteiger partial charge >= 0.3 is 0 Å². The predicted molar refractivity (Wildman–Crippen MR) is 89.0 cm³/mol. The van der Waals surface area contributed by atoms with Crippen LogP contribution in [0.25, 0.3) is 10.8 Å². The molecule has 1 fully saturated rings. The van der Waals surface area contributed by atoms with E-state index in [4.69, 9.17) is 0 Å². The summed E-state index contributed by atoms with van der Waals surface area (Å²) < 4.78 is 1.13. The zero-order chi connectivity index (χ0) is 14.1. The molecule has 0 amide bonds. The van der Waals surface area contributed by atoms with E-state index < -0.39 is 0 Å². The van der Waals surface area contributed by atoms with Crippen LogP contribution in [0, 0.1) is 11.8 Å². The van der Waals surface area contributed by atoms with Gasteiger partial charge in [-0.25, -0.2) is 4.98 Å². The first-order valence-corrected chi connectivity index (χ1v) is 8.24. The third-order valence-electron chi connectivity index (χ3n) is 4.51. The van der Waals surface area contributed by atoms with Gasteiger partial charge in [-0.05, 0) is 43.2 Å². The Hall–Kier alpha value is -1.09. The van der Waals surface area contributed by atoms with Gasteiger partial charge in [0.05, 0.1) is 0 Å². The van der Waals surface area contributed by atoms with Crippen LogP contribution in [0.1, 0.15) is 33.1 Å². The maximum Gasteiger partial charge on any atom is 0.134 e. The lowest BCUT2D eigenvalue weighted by atomic mass is 9.80. The number of halogens is 1. The van der Waals surface area contributed by atoms with Crippen molar-refractivity contribution < 1.29 is 0 Å². The molecule has 0 saturated heterocycles. The summed E-state index contributed by atoms with van der Waals surface area (Å²) in [6.07, 6.45) is 5.77. The second-order valence-corrected chi connectivity index (χ2v) is 7.00. The molecule has 1 aromatic heterocycles. The first-order valence-electron chi connectivity index (χ1n) is 7.45. The van der Waals surface area contributed by atoms with Crippen LogP contribution in [-0.4, -0.2) is 11.0 Å². The summed E-state index contributed by atoms with van der Waals surface area (Å²) in [5.41, 5.74) is 0. The number of nitrogens with zero attached hydrogens (tertiary/aromatic N) is 1. The van der Waals surface area contributed by atoms with Gasteiger partial charge in [-0.3, -0.25) is 0 Å². The molecule has 106 valence electrons. The molecule has 1 saturated carbocycles. The first kappa shape index (κ1) is 13.9. The van der Waals surface area contributed by atoms with E-state index in [1.54, 1.807) is 0 Å². The van der Waals surface area contributed by atoms with Gasteiger partial charge in [-0.2, -0.15) is 0 Å². The number of fused-ring (bicyclic) bond motifs is 1. The van der Waals surface area contributed by atoms with Crippen molar-refractivity contribution in [3.8, 4) is 0 Å². The normalized spacial score (nSPS) is 26.6. The lowest BCUT2D eigenvalue weighted by molar-refractivity contribution is 0.276. The molecule has 1 aliphatic carbocycles. The van der Waals surface area contributed by atoms with E-state index in [2.05, 4.69) is 64.3 Å². The Bertz CT molecular complexity index is 611. The number of hydrogen-bond acceptors (Lipinski definition) is 2. The largest absolute Gasteiger partial charge is 0.367 e. The molecule has 1 N–H and O–H groups in total. The van der Waals surface area contributed by atoms with E-state index in [1.165, 1.54) is 30.0 Å². The molecule has 0 aliphatic heterocycles. The molecular weight excluding hydrogens is 312 g/mol. The minimum atomic E-state index is 0.545. The number of rotatable bonds is 2. The van der Waals surface area contributed by atoms with Crippen LogP contribution in [0.4, 0.5) is 5.82 Å². The van der Waals surface area contributed by atoms with Crippen molar-refractivity contribution >= 4 is 32.5 Å². The molecule has 2 nitrogen and oxygen atoms in total. The van der Waals surface area contributed by atoms with Crippen molar-refractivity contribution in [3.63, 3.8) is 0 Å². The van der Waals surface area contributed by atoms with E-state index >= 15 is 0 Å². The second-order valence-electron chi connectivity index (χ2n) is 6.14. The third-order valence-corrected chi connectivity index (χ3v) is 5.20. The molecule has 3 unspecified atom stereocenters.